The van der Waals surface area contributed by atoms with E-state index >= 15 is 0 Å². The van der Waals surface area contributed by atoms with Crippen molar-refractivity contribution >= 4 is 11.8 Å². The van der Waals surface area contributed by atoms with Gasteiger partial charge in [-0.2, -0.15) is 0 Å². The van der Waals surface area contributed by atoms with Crippen molar-refractivity contribution in [2.45, 2.75) is 44.7 Å². The highest BCUT2D eigenvalue weighted by molar-refractivity contribution is 5.89. The van der Waals surface area contributed by atoms with Crippen molar-refractivity contribution in [3.63, 3.8) is 0 Å². The van der Waals surface area contributed by atoms with Crippen molar-refractivity contribution < 1.29 is 31.8 Å². The Bertz CT molecular complexity index is 959. The summed E-state index contributed by atoms with van der Waals surface area (Å²) >= 11 is 0. The van der Waals surface area contributed by atoms with Crippen molar-refractivity contribution in [2.24, 2.45) is 5.73 Å². The molecule has 0 aliphatic carbocycles. The third-order valence-corrected chi connectivity index (χ3v) is 4.52. The predicted molar refractivity (Wildman–Crippen MR) is 100 cm³/mol. The van der Waals surface area contributed by atoms with E-state index in [-0.39, 0.29) is 24.2 Å². The molecule has 30 heavy (non-hydrogen) atoms. The van der Waals surface area contributed by atoms with Crippen LogP contribution in [0.1, 0.15) is 38.4 Å². The Morgan fingerprint density at radius 2 is 1.93 bits per heavy atom. The molecule has 3 rings (SSSR count). The normalized spacial score (nSPS) is 19.3. The maximum Gasteiger partial charge on any atom is 0.573 e. The number of nitrogens with zero attached hydrogens (tertiary/aromatic N) is 2. The highest BCUT2D eigenvalue weighted by Crippen LogP contribution is 2.41. The van der Waals surface area contributed by atoms with Crippen LogP contribution in [-0.2, 0) is 10.3 Å². The minimum Gasteiger partial charge on any atom is -0.443 e. The van der Waals surface area contributed by atoms with Gasteiger partial charge in [0.15, 0.2) is 11.6 Å². The summed E-state index contributed by atoms with van der Waals surface area (Å²) in [6.45, 7) is 5.35. The zero-order chi connectivity index (χ0) is 22.3. The topological polar surface area (TPSA) is 77.7 Å². The SMILES string of the molecule is CC(C)(C)OC(=O)N1CC[C@](N)(c2ccc(OC(F)(F)F)c(F)c2)c2ncccc21. The van der Waals surface area contributed by atoms with Crippen LogP contribution in [0.5, 0.6) is 5.75 Å². The Morgan fingerprint density at radius 1 is 1.23 bits per heavy atom. The number of alkyl halides is 3. The summed E-state index contributed by atoms with van der Waals surface area (Å²) < 4.78 is 60.6. The lowest BCUT2D eigenvalue weighted by molar-refractivity contribution is -0.275. The van der Waals surface area contributed by atoms with Crippen LogP contribution >= 0.6 is 0 Å². The number of anilines is 1. The van der Waals surface area contributed by atoms with Crippen molar-refractivity contribution in [2.75, 3.05) is 11.4 Å². The van der Waals surface area contributed by atoms with Crippen LogP contribution in [0.15, 0.2) is 36.5 Å². The van der Waals surface area contributed by atoms with Crippen molar-refractivity contribution in [3.05, 3.63) is 53.6 Å². The van der Waals surface area contributed by atoms with Crippen LogP contribution in [0.25, 0.3) is 0 Å². The Balaban J connectivity index is 1.99. The fourth-order valence-corrected chi connectivity index (χ4v) is 3.26. The number of fused-ring (bicyclic) bond motifs is 1. The summed E-state index contributed by atoms with van der Waals surface area (Å²) in [5.74, 6) is -2.16. The second kappa shape index (κ2) is 7.42. The van der Waals surface area contributed by atoms with Gasteiger partial charge in [0.05, 0.1) is 16.9 Å². The van der Waals surface area contributed by atoms with Crippen LogP contribution in [-0.4, -0.2) is 29.6 Å². The molecule has 1 aromatic carbocycles. The van der Waals surface area contributed by atoms with Crippen molar-refractivity contribution in [3.8, 4) is 5.75 Å². The van der Waals surface area contributed by atoms with Gasteiger partial charge in [-0.1, -0.05) is 6.07 Å². The second-order valence-corrected chi connectivity index (χ2v) is 7.92. The highest BCUT2D eigenvalue weighted by atomic mass is 19.4. The van der Waals surface area contributed by atoms with Crippen LogP contribution in [0.3, 0.4) is 0 Å². The second-order valence-electron chi connectivity index (χ2n) is 7.92. The standard InChI is InChI=1S/C20H21F4N3O3/c1-18(2,3)30-17(28)27-10-8-19(25,16-14(27)5-4-9-26-16)12-6-7-15(13(21)11-12)29-20(22,23)24/h4-7,9,11H,8,10,25H2,1-3H3/t19-/m0/s1. The molecule has 0 bridgehead atoms. The molecule has 0 unspecified atom stereocenters. The molecule has 2 heterocycles. The largest absolute Gasteiger partial charge is 0.573 e. The molecule has 0 radical (unpaired) electrons. The van der Waals surface area contributed by atoms with Gasteiger partial charge in [0.25, 0.3) is 0 Å². The summed E-state index contributed by atoms with van der Waals surface area (Å²) in [6, 6.07) is 6.26. The minimum atomic E-state index is -5.02. The molecule has 0 saturated carbocycles. The average Bonchev–Trinajstić information content (AvgIpc) is 2.61. The number of pyridine rings is 1. The van der Waals surface area contributed by atoms with Gasteiger partial charge in [-0.3, -0.25) is 9.88 Å². The fraction of sp³-hybridized carbons (Fsp3) is 0.400. The van der Waals surface area contributed by atoms with Crippen molar-refractivity contribution in [1.82, 2.24) is 4.98 Å². The first-order valence-corrected chi connectivity index (χ1v) is 9.11. The van der Waals surface area contributed by atoms with Crippen LogP contribution < -0.4 is 15.4 Å². The molecule has 0 spiro atoms. The van der Waals surface area contributed by atoms with E-state index in [1.165, 1.54) is 17.2 Å². The van der Waals surface area contributed by atoms with E-state index in [0.29, 0.717) is 5.69 Å². The zero-order valence-electron chi connectivity index (χ0n) is 16.6. The lowest BCUT2D eigenvalue weighted by atomic mass is 9.80. The van der Waals surface area contributed by atoms with E-state index in [9.17, 15) is 22.4 Å². The molecule has 2 aromatic rings. The smallest absolute Gasteiger partial charge is 0.443 e. The molecule has 2 N–H and O–H groups in total. The maximum absolute atomic E-state index is 14.3. The van der Waals surface area contributed by atoms with Gasteiger partial charge in [0.1, 0.15) is 5.60 Å². The van der Waals surface area contributed by atoms with E-state index in [1.807, 2.05) is 0 Å². The van der Waals surface area contributed by atoms with Crippen LogP contribution in [0.4, 0.5) is 28.0 Å². The highest BCUT2D eigenvalue weighted by Gasteiger charge is 2.42. The third-order valence-electron chi connectivity index (χ3n) is 4.52. The van der Waals surface area contributed by atoms with Gasteiger partial charge in [0.2, 0.25) is 0 Å². The number of halogens is 4. The lowest BCUT2D eigenvalue weighted by Gasteiger charge is -2.40. The van der Waals surface area contributed by atoms with Gasteiger partial charge in [-0.05, 0) is 57.0 Å². The molecule has 0 saturated heterocycles. The number of nitrogens with two attached hydrogens (primary N) is 1. The van der Waals surface area contributed by atoms with Gasteiger partial charge >= 0.3 is 12.5 Å². The number of rotatable bonds is 2. The first-order valence-electron chi connectivity index (χ1n) is 9.11. The molecule has 1 aromatic heterocycles. The summed E-state index contributed by atoms with van der Waals surface area (Å²) in [4.78, 5) is 18.3. The van der Waals surface area contributed by atoms with Crippen molar-refractivity contribution in [1.29, 1.82) is 0 Å². The number of ether oxygens (including phenoxy) is 2. The molecule has 1 atom stereocenters. The number of carbonyl (C=O) groups excluding carboxylic acids is 1. The van der Waals surface area contributed by atoms with Gasteiger partial charge in [0, 0.05) is 12.7 Å². The van der Waals surface area contributed by atoms with Crippen LogP contribution in [0, 0.1) is 5.82 Å². The number of hydrogen-bond acceptors (Lipinski definition) is 5. The molecular weight excluding hydrogens is 406 g/mol. The zero-order valence-corrected chi connectivity index (χ0v) is 16.6. The molecule has 162 valence electrons. The number of carbonyl (C=O) groups is 1. The third kappa shape index (κ3) is 4.48. The molecular formula is C20H21F4N3O3. The van der Waals surface area contributed by atoms with Gasteiger partial charge in [-0.15, -0.1) is 13.2 Å². The lowest BCUT2D eigenvalue weighted by Crippen LogP contribution is -2.50. The molecule has 1 amide bonds. The average molecular weight is 427 g/mol. The minimum absolute atomic E-state index is 0.145. The monoisotopic (exact) mass is 427 g/mol. The van der Waals surface area contributed by atoms with Gasteiger partial charge in [-0.25, -0.2) is 9.18 Å². The Morgan fingerprint density at radius 3 is 2.53 bits per heavy atom. The number of amides is 1. The Hall–Kier alpha value is -2.88. The molecule has 10 heteroatoms. The van der Waals surface area contributed by atoms with E-state index < -0.39 is 35.2 Å². The van der Waals surface area contributed by atoms with Gasteiger partial charge < -0.3 is 15.2 Å². The Kier molecular flexibility index (Phi) is 5.40. The summed E-state index contributed by atoms with van der Waals surface area (Å²) in [5.41, 5.74) is 5.39. The molecule has 0 fully saturated rings. The first-order chi connectivity index (χ1) is 13.8. The number of aromatic nitrogens is 1. The Labute approximate surface area is 170 Å². The summed E-state index contributed by atoms with van der Waals surface area (Å²) in [7, 11) is 0. The quantitative estimate of drug-likeness (QED) is 0.716. The van der Waals surface area contributed by atoms with E-state index in [4.69, 9.17) is 10.5 Å². The maximum atomic E-state index is 14.3. The van der Waals surface area contributed by atoms with Crippen LogP contribution in [0.2, 0.25) is 0 Å². The molecule has 6 nitrogen and oxygen atoms in total. The molecule has 1 aliphatic rings. The van der Waals surface area contributed by atoms with E-state index in [2.05, 4.69) is 9.72 Å². The first kappa shape index (κ1) is 21.8. The summed E-state index contributed by atoms with van der Waals surface area (Å²) in [5, 5.41) is 0. The predicted octanol–water partition coefficient (Wildman–Crippen LogP) is 4.47. The number of hydrogen-bond donors (Lipinski definition) is 1. The number of benzene rings is 1. The summed E-state index contributed by atoms with van der Waals surface area (Å²) in [6.07, 6.45) is -3.99. The van der Waals surface area contributed by atoms with E-state index in [0.717, 1.165) is 12.1 Å². The molecule has 1 aliphatic heterocycles. The fourth-order valence-electron chi connectivity index (χ4n) is 3.26. The van der Waals surface area contributed by atoms with E-state index in [1.54, 1.807) is 32.9 Å².